The van der Waals surface area contributed by atoms with Crippen molar-refractivity contribution in [2.45, 2.75) is 31.7 Å². The number of aryl methyl sites for hydroxylation is 1. The number of aromatic nitrogens is 2. The summed E-state index contributed by atoms with van der Waals surface area (Å²) in [5.74, 6) is 1.28. The van der Waals surface area contributed by atoms with Gasteiger partial charge in [0.1, 0.15) is 18.1 Å². The lowest BCUT2D eigenvalue weighted by Gasteiger charge is -2.24. The van der Waals surface area contributed by atoms with Crippen LogP contribution in [0.2, 0.25) is 0 Å². The van der Waals surface area contributed by atoms with E-state index in [4.69, 9.17) is 4.98 Å². The summed E-state index contributed by atoms with van der Waals surface area (Å²) in [7, 11) is 0. The molecule has 3 aromatic rings. The van der Waals surface area contributed by atoms with E-state index in [1.165, 1.54) is 18.4 Å². The maximum Gasteiger partial charge on any atom is 0.146 e. The Kier molecular flexibility index (Phi) is 5.69. The molecule has 0 spiro atoms. The van der Waals surface area contributed by atoms with Gasteiger partial charge in [0.05, 0.1) is 11.4 Å². The van der Waals surface area contributed by atoms with Crippen LogP contribution in [-0.2, 0) is 4.79 Å². The largest absolute Gasteiger partial charge is 0.378 e. The van der Waals surface area contributed by atoms with Gasteiger partial charge in [-0.2, -0.15) is 0 Å². The quantitative estimate of drug-likeness (QED) is 0.523. The molecule has 6 nitrogen and oxygen atoms in total. The smallest absolute Gasteiger partial charge is 0.146 e. The third kappa shape index (κ3) is 4.14. The van der Waals surface area contributed by atoms with E-state index in [0.29, 0.717) is 11.7 Å². The molecule has 1 atom stereocenters. The summed E-state index contributed by atoms with van der Waals surface area (Å²) in [6, 6.07) is 16.1. The molecule has 5 rings (SSSR count). The zero-order valence-corrected chi connectivity index (χ0v) is 18.1. The number of pyridine rings is 2. The summed E-state index contributed by atoms with van der Waals surface area (Å²) < 4.78 is 0. The Balaban J connectivity index is 1.51. The van der Waals surface area contributed by atoms with Gasteiger partial charge in [-0.25, -0.2) is 4.98 Å². The number of carbonyl (C=O) groups is 1. The first-order valence-corrected chi connectivity index (χ1v) is 11.2. The van der Waals surface area contributed by atoms with Gasteiger partial charge in [0, 0.05) is 16.9 Å². The molecule has 2 aromatic heterocycles. The standard InChI is InChI=1S/C26H27N5O/c1-17-3-2-4-22(29-17)23-15-20-11-14-28-24(16-32)25(20)26(31-23)30-21-7-5-18(6-8-21)19-9-12-27-13-10-19/h2-8,11,14-16,19,24,27-28H,9-10,12-13H2,1H3,(H,30,31). The van der Waals surface area contributed by atoms with Crippen molar-refractivity contribution < 1.29 is 4.79 Å². The second kappa shape index (κ2) is 8.93. The van der Waals surface area contributed by atoms with E-state index in [2.05, 4.69) is 45.2 Å². The third-order valence-electron chi connectivity index (χ3n) is 6.21. The molecule has 32 heavy (non-hydrogen) atoms. The Morgan fingerprint density at radius 2 is 1.84 bits per heavy atom. The Morgan fingerprint density at radius 1 is 1.03 bits per heavy atom. The average Bonchev–Trinajstić information content (AvgIpc) is 2.84. The number of anilines is 2. The molecule has 3 N–H and O–H groups in total. The number of benzene rings is 1. The Hall–Kier alpha value is -3.51. The van der Waals surface area contributed by atoms with Crippen LogP contribution in [0.5, 0.6) is 0 Å². The van der Waals surface area contributed by atoms with Gasteiger partial charge in [-0.15, -0.1) is 0 Å². The molecular formula is C26H27N5O. The number of hydrogen-bond acceptors (Lipinski definition) is 6. The van der Waals surface area contributed by atoms with Gasteiger partial charge < -0.3 is 20.7 Å². The van der Waals surface area contributed by atoms with E-state index < -0.39 is 6.04 Å². The number of rotatable bonds is 5. The number of hydrogen-bond donors (Lipinski definition) is 3. The van der Waals surface area contributed by atoms with Crippen LogP contribution in [0.3, 0.4) is 0 Å². The topological polar surface area (TPSA) is 78.9 Å². The first-order valence-electron chi connectivity index (χ1n) is 11.2. The number of piperidine rings is 1. The van der Waals surface area contributed by atoms with Crippen LogP contribution < -0.4 is 16.0 Å². The highest BCUT2D eigenvalue weighted by molar-refractivity contribution is 5.79. The summed E-state index contributed by atoms with van der Waals surface area (Å²) in [4.78, 5) is 21.3. The van der Waals surface area contributed by atoms with E-state index in [9.17, 15) is 4.79 Å². The normalized spacial score (nSPS) is 18.0. The van der Waals surface area contributed by atoms with Gasteiger partial charge in [-0.3, -0.25) is 4.98 Å². The monoisotopic (exact) mass is 425 g/mol. The lowest BCUT2D eigenvalue weighted by molar-refractivity contribution is -0.109. The van der Waals surface area contributed by atoms with Crippen LogP contribution in [-0.4, -0.2) is 29.3 Å². The number of fused-ring (bicyclic) bond motifs is 1. The zero-order valence-electron chi connectivity index (χ0n) is 18.1. The van der Waals surface area contributed by atoms with Gasteiger partial charge in [0.2, 0.25) is 0 Å². The van der Waals surface area contributed by atoms with Crippen molar-refractivity contribution in [2.24, 2.45) is 0 Å². The molecule has 0 amide bonds. The molecule has 0 radical (unpaired) electrons. The van der Waals surface area contributed by atoms with Crippen molar-refractivity contribution in [3.05, 3.63) is 77.1 Å². The molecular weight excluding hydrogens is 398 g/mol. The molecule has 2 aliphatic rings. The summed E-state index contributed by atoms with van der Waals surface area (Å²) in [5.41, 5.74) is 6.66. The number of aldehydes is 1. The fourth-order valence-electron chi connectivity index (χ4n) is 4.51. The predicted molar refractivity (Wildman–Crippen MR) is 128 cm³/mol. The van der Waals surface area contributed by atoms with Crippen LogP contribution in [0.4, 0.5) is 11.5 Å². The van der Waals surface area contributed by atoms with Gasteiger partial charge in [-0.05, 0) is 92.5 Å². The maximum absolute atomic E-state index is 11.8. The van der Waals surface area contributed by atoms with E-state index in [-0.39, 0.29) is 0 Å². The second-order valence-electron chi connectivity index (χ2n) is 8.41. The predicted octanol–water partition coefficient (Wildman–Crippen LogP) is 4.48. The average molecular weight is 426 g/mol. The SMILES string of the molecule is Cc1cccc(-c2cc3c(c(Nc4ccc(C5CCNCC5)cc4)n2)C(C=O)NC=C3)n1. The van der Waals surface area contributed by atoms with E-state index >= 15 is 0 Å². The number of carbonyl (C=O) groups excluding carboxylic acids is 1. The van der Waals surface area contributed by atoms with Crippen LogP contribution in [0.1, 0.15) is 47.2 Å². The zero-order chi connectivity index (χ0) is 21.9. The highest BCUT2D eigenvalue weighted by Crippen LogP contribution is 2.34. The molecule has 4 heterocycles. The summed E-state index contributed by atoms with van der Waals surface area (Å²) in [6.07, 6.45) is 7.05. The molecule has 6 heteroatoms. The summed E-state index contributed by atoms with van der Waals surface area (Å²) >= 11 is 0. The van der Waals surface area contributed by atoms with Crippen LogP contribution in [0, 0.1) is 6.92 Å². The minimum absolute atomic E-state index is 0.446. The number of nitrogens with one attached hydrogen (secondary N) is 3. The highest BCUT2D eigenvalue weighted by Gasteiger charge is 2.23. The van der Waals surface area contributed by atoms with Crippen LogP contribution in [0.15, 0.2) is 54.7 Å². The first-order chi connectivity index (χ1) is 15.7. The van der Waals surface area contributed by atoms with Crippen molar-refractivity contribution in [1.82, 2.24) is 20.6 Å². The van der Waals surface area contributed by atoms with Crippen molar-refractivity contribution in [3.8, 4) is 11.4 Å². The first kappa shape index (κ1) is 20.4. The van der Waals surface area contributed by atoms with Crippen LogP contribution >= 0.6 is 0 Å². The highest BCUT2D eigenvalue weighted by atomic mass is 16.1. The molecule has 0 aliphatic carbocycles. The lowest BCUT2D eigenvalue weighted by atomic mass is 9.90. The summed E-state index contributed by atoms with van der Waals surface area (Å²) in [6.45, 7) is 4.12. The second-order valence-corrected chi connectivity index (χ2v) is 8.41. The van der Waals surface area contributed by atoms with Gasteiger partial charge >= 0.3 is 0 Å². The van der Waals surface area contributed by atoms with Gasteiger partial charge in [-0.1, -0.05) is 18.2 Å². The molecule has 2 aliphatic heterocycles. The molecule has 1 saturated heterocycles. The van der Waals surface area contributed by atoms with Crippen molar-refractivity contribution in [3.63, 3.8) is 0 Å². The van der Waals surface area contributed by atoms with Gasteiger partial charge in [0.25, 0.3) is 0 Å². The van der Waals surface area contributed by atoms with Gasteiger partial charge in [0.15, 0.2) is 0 Å². The Bertz CT molecular complexity index is 1150. The molecule has 1 unspecified atom stereocenters. The molecule has 162 valence electrons. The van der Waals surface area contributed by atoms with Crippen molar-refractivity contribution in [2.75, 3.05) is 18.4 Å². The summed E-state index contributed by atoms with van der Waals surface area (Å²) in [5, 5.41) is 10.0. The molecule has 0 bridgehead atoms. The third-order valence-corrected chi connectivity index (χ3v) is 6.21. The Morgan fingerprint density at radius 3 is 2.59 bits per heavy atom. The fraction of sp³-hybridized carbons (Fsp3) is 0.269. The van der Waals surface area contributed by atoms with Crippen molar-refractivity contribution >= 4 is 23.9 Å². The van der Waals surface area contributed by atoms with Crippen molar-refractivity contribution in [1.29, 1.82) is 0 Å². The Labute approximate surface area is 188 Å². The fourth-order valence-corrected chi connectivity index (χ4v) is 4.51. The van der Waals surface area contributed by atoms with E-state index in [0.717, 1.165) is 53.3 Å². The number of nitrogens with zero attached hydrogens (tertiary/aromatic N) is 2. The van der Waals surface area contributed by atoms with Crippen LogP contribution in [0.25, 0.3) is 17.5 Å². The molecule has 0 saturated carbocycles. The van der Waals surface area contributed by atoms with E-state index in [1.54, 1.807) is 0 Å². The molecule has 1 fully saturated rings. The minimum Gasteiger partial charge on any atom is -0.378 e. The lowest BCUT2D eigenvalue weighted by Crippen LogP contribution is -2.26. The van der Waals surface area contributed by atoms with E-state index in [1.807, 2.05) is 43.5 Å². The molecule has 1 aromatic carbocycles. The maximum atomic E-state index is 11.8. The minimum atomic E-state index is -0.446.